The van der Waals surface area contributed by atoms with Crippen molar-refractivity contribution in [3.8, 4) is 0 Å². The fourth-order valence-electron chi connectivity index (χ4n) is 3.43. The largest absolute Gasteiger partial charge is 0.381 e. The van der Waals surface area contributed by atoms with Crippen LogP contribution in [-0.4, -0.2) is 25.0 Å². The monoisotopic (exact) mass is 351 g/mol. The molecule has 0 aromatic heterocycles. The number of nitrogens with one attached hydrogen (secondary N) is 1. The fraction of sp³-hybridized carbons (Fsp3) is 0.500. The van der Waals surface area contributed by atoms with Crippen LogP contribution in [0.1, 0.15) is 30.7 Å². The average molecular weight is 352 g/mol. The van der Waals surface area contributed by atoms with Crippen LogP contribution < -0.4 is 5.32 Å². The van der Waals surface area contributed by atoms with Crippen molar-refractivity contribution in [2.45, 2.75) is 25.2 Å². The van der Waals surface area contributed by atoms with Crippen molar-refractivity contribution in [1.29, 1.82) is 0 Å². The molecule has 0 aliphatic carbocycles. The van der Waals surface area contributed by atoms with E-state index in [-0.39, 0.29) is 29.6 Å². The minimum atomic E-state index is -0.271. The summed E-state index contributed by atoms with van der Waals surface area (Å²) in [7, 11) is 0. The zero-order chi connectivity index (χ0) is 14.8. The highest BCUT2D eigenvalue weighted by atomic mass is 79.9. The zero-order valence-corrected chi connectivity index (χ0v) is 13.3. The Morgan fingerprint density at radius 2 is 2.14 bits per heavy atom. The molecule has 2 amide bonds. The van der Waals surface area contributed by atoms with Crippen molar-refractivity contribution in [1.82, 2.24) is 5.32 Å². The second-order valence-electron chi connectivity index (χ2n) is 5.79. The van der Waals surface area contributed by atoms with Gasteiger partial charge in [0.2, 0.25) is 11.8 Å². The van der Waals surface area contributed by atoms with Gasteiger partial charge < -0.3 is 4.74 Å². The van der Waals surface area contributed by atoms with E-state index in [1.165, 1.54) is 0 Å². The number of imide groups is 1. The Hall–Kier alpha value is -1.20. The molecule has 3 atom stereocenters. The van der Waals surface area contributed by atoms with Crippen LogP contribution in [0.15, 0.2) is 28.7 Å². The van der Waals surface area contributed by atoms with Crippen LogP contribution in [0, 0.1) is 11.8 Å². The molecule has 4 nitrogen and oxygen atoms in total. The Kier molecular flexibility index (Phi) is 4.40. The van der Waals surface area contributed by atoms with Crippen LogP contribution in [0.2, 0.25) is 0 Å². The van der Waals surface area contributed by atoms with E-state index in [1.807, 2.05) is 24.3 Å². The molecule has 2 heterocycles. The van der Waals surface area contributed by atoms with Crippen LogP contribution in [-0.2, 0) is 14.3 Å². The number of amides is 2. The number of rotatable bonds is 2. The summed E-state index contributed by atoms with van der Waals surface area (Å²) in [5, 5.41) is 2.48. The number of benzene rings is 1. The lowest BCUT2D eigenvalue weighted by atomic mass is 9.72. The van der Waals surface area contributed by atoms with E-state index in [1.54, 1.807) is 0 Å². The molecule has 112 valence electrons. The number of carbonyl (C=O) groups excluding carboxylic acids is 2. The number of ether oxygens (including phenoxy) is 1. The fourth-order valence-corrected chi connectivity index (χ4v) is 3.85. The first kappa shape index (κ1) is 14.7. The minimum Gasteiger partial charge on any atom is -0.381 e. The van der Waals surface area contributed by atoms with E-state index in [2.05, 4.69) is 21.2 Å². The summed E-state index contributed by atoms with van der Waals surface area (Å²) in [6.45, 7) is 1.43. The summed E-state index contributed by atoms with van der Waals surface area (Å²) in [6, 6.07) is 7.80. The van der Waals surface area contributed by atoms with Gasteiger partial charge in [-0.1, -0.05) is 28.1 Å². The lowest BCUT2D eigenvalue weighted by Gasteiger charge is -2.37. The topological polar surface area (TPSA) is 55.4 Å². The van der Waals surface area contributed by atoms with Crippen molar-refractivity contribution in [2.24, 2.45) is 11.8 Å². The molecule has 2 saturated heterocycles. The van der Waals surface area contributed by atoms with Crippen molar-refractivity contribution in [2.75, 3.05) is 13.2 Å². The maximum absolute atomic E-state index is 12.4. The predicted molar refractivity (Wildman–Crippen MR) is 81.7 cm³/mol. The van der Waals surface area contributed by atoms with Gasteiger partial charge in [0.25, 0.3) is 0 Å². The Morgan fingerprint density at radius 1 is 1.29 bits per heavy atom. The van der Waals surface area contributed by atoms with E-state index >= 15 is 0 Å². The van der Waals surface area contributed by atoms with Crippen molar-refractivity contribution in [3.63, 3.8) is 0 Å². The normalized spacial score (nSPS) is 30.0. The smallest absolute Gasteiger partial charge is 0.234 e. The summed E-state index contributed by atoms with van der Waals surface area (Å²) >= 11 is 3.45. The first-order valence-electron chi connectivity index (χ1n) is 7.32. The highest BCUT2D eigenvalue weighted by Gasteiger charge is 2.41. The summed E-state index contributed by atoms with van der Waals surface area (Å²) in [4.78, 5) is 24.2. The van der Waals surface area contributed by atoms with Gasteiger partial charge in [-0.05, 0) is 42.4 Å². The molecule has 0 spiro atoms. The molecule has 3 unspecified atom stereocenters. The SMILES string of the molecule is O=C1CC(C2CCCOC2)C(c2cccc(Br)c2)C(=O)N1. The molecule has 1 aromatic carbocycles. The molecule has 0 radical (unpaired) electrons. The molecule has 1 aromatic rings. The Labute approximate surface area is 132 Å². The zero-order valence-electron chi connectivity index (χ0n) is 11.7. The van der Waals surface area contributed by atoms with Crippen molar-refractivity contribution < 1.29 is 14.3 Å². The molecule has 0 saturated carbocycles. The lowest BCUT2D eigenvalue weighted by molar-refractivity contribution is -0.138. The highest BCUT2D eigenvalue weighted by molar-refractivity contribution is 9.10. The average Bonchev–Trinajstić information content (AvgIpc) is 2.47. The summed E-state index contributed by atoms with van der Waals surface area (Å²) in [5.74, 6) is -0.313. The predicted octanol–water partition coefficient (Wildman–Crippen LogP) is 2.62. The van der Waals surface area contributed by atoms with E-state index in [4.69, 9.17) is 4.74 Å². The highest BCUT2D eigenvalue weighted by Crippen LogP contribution is 2.39. The van der Waals surface area contributed by atoms with E-state index < -0.39 is 0 Å². The summed E-state index contributed by atoms with van der Waals surface area (Å²) in [6.07, 6.45) is 2.43. The molecule has 2 fully saturated rings. The standard InChI is InChI=1S/C16H18BrNO3/c17-12-5-1-3-10(7-12)15-13(8-14(19)18-16(15)20)11-4-2-6-21-9-11/h1,3,5,7,11,13,15H,2,4,6,8-9H2,(H,18,19,20). The minimum absolute atomic E-state index is 0.0286. The summed E-state index contributed by atoms with van der Waals surface area (Å²) < 4.78 is 6.51. The van der Waals surface area contributed by atoms with Crippen LogP contribution in [0.5, 0.6) is 0 Å². The first-order valence-corrected chi connectivity index (χ1v) is 8.11. The first-order chi connectivity index (χ1) is 10.1. The third kappa shape index (κ3) is 3.19. The maximum Gasteiger partial charge on any atom is 0.234 e. The number of hydrogen-bond donors (Lipinski definition) is 1. The Morgan fingerprint density at radius 3 is 2.86 bits per heavy atom. The van der Waals surface area contributed by atoms with Gasteiger partial charge in [-0.2, -0.15) is 0 Å². The van der Waals surface area contributed by atoms with Crippen LogP contribution >= 0.6 is 15.9 Å². The van der Waals surface area contributed by atoms with Gasteiger partial charge in [0.05, 0.1) is 5.92 Å². The third-order valence-corrected chi connectivity index (χ3v) is 4.90. The van der Waals surface area contributed by atoms with Gasteiger partial charge in [0, 0.05) is 24.1 Å². The third-order valence-electron chi connectivity index (χ3n) is 4.40. The quantitative estimate of drug-likeness (QED) is 0.833. The van der Waals surface area contributed by atoms with E-state index in [0.717, 1.165) is 29.5 Å². The summed E-state index contributed by atoms with van der Waals surface area (Å²) in [5.41, 5.74) is 0.963. The van der Waals surface area contributed by atoms with Gasteiger partial charge in [-0.25, -0.2) is 0 Å². The molecule has 0 bridgehead atoms. The number of halogens is 1. The van der Waals surface area contributed by atoms with E-state index in [9.17, 15) is 9.59 Å². The van der Waals surface area contributed by atoms with Crippen molar-refractivity contribution >= 4 is 27.7 Å². The molecule has 2 aliphatic rings. The van der Waals surface area contributed by atoms with Gasteiger partial charge in [-0.15, -0.1) is 0 Å². The maximum atomic E-state index is 12.4. The van der Waals surface area contributed by atoms with Crippen LogP contribution in [0.3, 0.4) is 0 Å². The molecule has 3 rings (SSSR count). The number of piperidine rings is 1. The molecular weight excluding hydrogens is 334 g/mol. The van der Waals surface area contributed by atoms with Gasteiger partial charge in [0.15, 0.2) is 0 Å². The lowest BCUT2D eigenvalue weighted by Crippen LogP contribution is -2.47. The van der Waals surface area contributed by atoms with Gasteiger partial charge in [-0.3, -0.25) is 14.9 Å². The Balaban J connectivity index is 1.92. The molecule has 1 N–H and O–H groups in total. The van der Waals surface area contributed by atoms with E-state index in [0.29, 0.717) is 13.0 Å². The second kappa shape index (κ2) is 6.28. The Bertz CT molecular complexity index is 554. The van der Waals surface area contributed by atoms with Gasteiger partial charge >= 0.3 is 0 Å². The van der Waals surface area contributed by atoms with Crippen LogP contribution in [0.25, 0.3) is 0 Å². The van der Waals surface area contributed by atoms with Crippen molar-refractivity contribution in [3.05, 3.63) is 34.3 Å². The molecule has 2 aliphatic heterocycles. The van der Waals surface area contributed by atoms with Gasteiger partial charge in [0.1, 0.15) is 0 Å². The molecule has 21 heavy (non-hydrogen) atoms. The number of hydrogen-bond acceptors (Lipinski definition) is 3. The molecular formula is C16H18BrNO3. The van der Waals surface area contributed by atoms with Crippen LogP contribution in [0.4, 0.5) is 0 Å². The molecule has 5 heteroatoms. The number of carbonyl (C=O) groups is 2. The second-order valence-corrected chi connectivity index (χ2v) is 6.71.